The van der Waals surface area contributed by atoms with Gasteiger partial charge in [-0.15, -0.1) is 0 Å². The van der Waals surface area contributed by atoms with E-state index in [4.69, 9.17) is 0 Å². The molecule has 1 aliphatic heterocycles. The minimum Gasteiger partial charge on any atom is -0.665 e. The molecule has 0 atom stereocenters. The van der Waals surface area contributed by atoms with Gasteiger partial charge in [0.1, 0.15) is 0 Å². The van der Waals surface area contributed by atoms with E-state index >= 15 is 0 Å². The van der Waals surface area contributed by atoms with Crippen LogP contribution in [0.15, 0.2) is 0 Å². The van der Waals surface area contributed by atoms with Gasteiger partial charge in [0.15, 0.2) is 0 Å². The second-order valence-corrected chi connectivity index (χ2v) is 4.02. The van der Waals surface area contributed by atoms with Gasteiger partial charge in [0, 0.05) is 196 Å². The average Bonchev–Trinajstić information content (AvgIpc) is 2.39. The van der Waals surface area contributed by atoms with Crippen molar-refractivity contribution in [3.8, 4) is 0 Å². The molecular weight excluding hydrogens is 762 g/mol. The molecule has 24 heavy (non-hydrogen) atoms. The van der Waals surface area contributed by atoms with Crippen LogP contribution in [-0.2, 0) is 196 Å². The molecule has 0 spiro atoms. The molecule has 0 aromatic heterocycles. The summed E-state index contributed by atoms with van der Waals surface area (Å²) in [6, 6.07) is 0. The number of rotatable bonds is 0. The van der Waals surface area contributed by atoms with Crippen molar-refractivity contribution in [2.24, 2.45) is 0 Å². The minimum absolute atomic E-state index is 0. The summed E-state index contributed by atoms with van der Waals surface area (Å²) >= 11 is 0. The van der Waals surface area contributed by atoms with Crippen LogP contribution in [0.5, 0.6) is 0 Å². The molecule has 1 fully saturated rings. The van der Waals surface area contributed by atoms with Crippen molar-refractivity contribution in [1.29, 1.82) is 0 Å². The van der Waals surface area contributed by atoms with E-state index in [1.165, 1.54) is 0 Å². The molecule has 1 heterocycles. The van der Waals surface area contributed by atoms with Crippen LogP contribution >= 0.6 is 0 Å². The van der Waals surface area contributed by atoms with Crippen LogP contribution in [0.3, 0.4) is 0 Å². The molecule has 6 radical (unpaired) electrons. The van der Waals surface area contributed by atoms with Crippen LogP contribution in [-0.4, -0.2) is 78.5 Å². The molecule has 0 aromatic carbocycles. The normalized spacial score (nSPS) is 18.0. The van der Waals surface area contributed by atoms with Crippen molar-refractivity contribution in [3.63, 3.8) is 0 Å². The molecule has 0 bridgehead atoms. The van der Waals surface area contributed by atoms with Crippen molar-refractivity contribution in [2.75, 3.05) is 78.5 Å². The summed E-state index contributed by atoms with van der Waals surface area (Å²) in [7, 11) is 0. The molecule has 1 aliphatic rings. The van der Waals surface area contributed by atoms with Crippen LogP contribution in [0.4, 0.5) is 0 Å². The van der Waals surface area contributed by atoms with Gasteiger partial charge in [0.05, 0.1) is 0 Å². The second-order valence-electron chi connectivity index (χ2n) is 4.02. The maximum atomic E-state index is 4.37. The predicted octanol–water partition coefficient (Wildman–Crippen LogP) is 2.23. The third kappa shape index (κ3) is 35.8. The monoisotopic (exact) mass is 786 g/mol. The fraction of sp³-hybridized carbons (Fsp3) is 1.00. The fourth-order valence-electron chi connectivity index (χ4n) is 1.52. The maximum Gasteiger partial charge on any atom is 0 e. The summed E-state index contributed by atoms with van der Waals surface area (Å²) in [5, 5.41) is 26.2. The van der Waals surface area contributed by atoms with Gasteiger partial charge >= 0.3 is 0 Å². The van der Waals surface area contributed by atoms with Crippen LogP contribution in [0, 0.1) is 0 Å². The van der Waals surface area contributed by atoms with Gasteiger partial charge in [0.25, 0.3) is 0 Å². The summed E-state index contributed by atoms with van der Waals surface area (Å²) in [6.45, 7) is 9.78. The molecule has 6 nitrogen and oxygen atoms in total. The number of hydrogen-bond donors (Lipinski definition) is 0. The topological polar surface area (TPSA) is 84.6 Å². The Morgan fingerprint density at radius 1 is 0.208 bits per heavy atom. The van der Waals surface area contributed by atoms with Crippen molar-refractivity contribution >= 4 is 0 Å². The Labute approximate surface area is 299 Å². The third-order valence-corrected chi connectivity index (χ3v) is 2.50. The Hall–Kier alpha value is 6.38. The standard InChI is InChI=1S/C12H24N6.6Y/c1-2-14-5-6-16-9-10-18-12-11-17-8-7-15-4-3-13-1;;;;;;/h1-12H2;;;;;;/q-6;;;;;;. The predicted molar refractivity (Wildman–Crippen MR) is 78.6 cm³/mol. The van der Waals surface area contributed by atoms with Crippen LogP contribution in [0.2, 0.25) is 0 Å². The van der Waals surface area contributed by atoms with Gasteiger partial charge in [-0.1, -0.05) is 0 Å². The zero-order valence-electron chi connectivity index (χ0n) is 14.6. The molecule has 1 saturated heterocycles. The molecular formula is C12H24N6Y6-6. The molecule has 1 rings (SSSR count). The Morgan fingerprint density at radius 2 is 0.292 bits per heavy atom. The SMILES string of the molecule is C1C[N-]CC[N-]CC[N-]CC[N-]CC[N-]CC[N-]1.[Y].[Y].[Y].[Y].[Y].[Y]. The molecule has 0 aromatic rings. The fourth-order valence-corrected chi connectivity index (χ4v) is 1.52. The Kier molecular flexibility index (Phi) is 73.2. The van der Waals surface area contributed by atoms with Gasteiger partial charge in [-0.2, -0.15) is 78.5 Å². The van der Waals surface area contributed by atoms with Gasteiger partial charge in [-0.05, 0) is 0 Å². The summed E-state index contributed by atoms with van der Waals surface area (Å²) in [4.78, 5) is 0. The van der Waals surface area contributed by atoms with Crippen LogP contribution in [0.1, 0.15) is 0 Å². The van der Waals surface area contributed by atoms with Crippen LogP contribution < -0.4 is 0 Å². The molecule has 0 unspecified atom stereocenters. The first kappa shape index (κ1) is 44.1. The zero-order valence-corrected chi connectivity index (χ0v) is 31.7. The first-order valence-electron chi connectivity index (χ1n) is 6.79. The zero-order chi connectivity index (χ0) is 12.7. The summed E-state index contributed by atoms with van der Waals surface area (Å²) in [5.74, 6) is 0. The Balaban J connectivity index is -0.000000135. The smallest absolute Gasteiger partial charge is 0 e. The molecule has 12 heteroatoms. The van der Waals surface area contributed by atoms with E-state index < -0.39 is 0 Å². The first-order chi connectivity index (χ1) is 9.00. The Morgan fingerprint density at radius 3 is 0.375 bits per heavy atom. The van der Waals surface area contributed by atoms with E-state index in [0.29, 0.717) is 0 Å². The van der Waals surface area contributed by atoms with Gasteiger partial charge in [-0.3, -0.25) is 0 Å². The number of hydrogen-bond acceptors (Lipinski definition) is 0. The maximum absolute atomic E-state index is 4.37. The van der Waals surface area contributed by atoms with Gasteiger partial charge in [-0.25, -0.2) is 0 Å². The molecule has 0 amide bonds. The van der Waals surface area contributed by atoms with E-state index in [0.717, 1.165) is 78.5 Å². The molecule has 126 valence electrons. The number of nitrogens with zero attached hydrogens (tertiary/aromatic N) is 6. The molecule has 0 aliphatic carbocycles. The van der Waals surface area contributed by atoms with Crippen molar-refractivity contribution in [2.45, 2.75) is 0 Å². The van der Waals surface area contributed by atoms with E-state index in [1.54, 1.807) is 0 Å². The van der Waals surface area contributed by atoms with Crippen molar-refractivity contribution < 1.29 is 196 Å². The third-order valence-electron chi connectivity index (χ3n) is 2.50. The van der Waals surface area contributed by atoms with E-state index in [9.17, 15) is 0 Å². The molecule has 0 N–H and O–H groups in total. The Bertz CT molecular complexity index is 111. The van der Waals surface area contributed by atoms with Crippen LogP contribution in [0.25, 0.3) is 31.9 Å². The van der Waals surface area contributed by atoms with E-state index in [2.05, 4.69) is 31.9 Å². The average molecular weight is 786 g/mol. The second kappa shape index (κ2) is 39.8. The van der Waals surface area contributed by atoms with E-state index in [-0.39, 0.29) is 196 Å². The van der Waals surface area contributed by atoms with Crippen molar-refractivity contribution in [1.82, 2.24) is 0 Å². The quantitative estimate of drug-likeness (QED) is 0.362. The first-order valence-corrected chi connectivity index (χ1v) is 6.79. The largest absolute Gasteiger partial charge is 0.665 e. The summed E-state index contributed by atoms with van der Waals surface area (Å²) < 4.78 is 0. The minimum atomic E-state index is 0. The van der Waals surface area contributed by atoms with Gasteiger partial charge in [0.2, 0.25) is 0 Å². The van der Waals surface area contributed by atoms with E-state index in [1.807, 2.05) is 0 Å². The van der Waals surface area contributed by atoms with Crippen molar-refractivity contribution in [3.05, 3.63) is 31.9 Å². The summed E-state index contributed by atoms with van der Waals surface area (Å²) in [5.41, 5.74) is 0. The van der Waals surface area contributed by atoms with Gasteiger partial charge < -0.3 is 31.9 Å². The summed E-state index contributed by atoms with van der Waals surface area (Å²) in [6.07, 6.45) is 0. The molecule has 0 saturated carbocycles.